The minimum absolute atomic E-state index is 0.212. The molecule has 0 radical (unpaired) electrons. The monoisotopic (exact) mass is 253 g/mol. The highest BCUT2D eigenvalue weighted by molar-refractivity contribution is 9.10. The van der Waals surface area contributed by atoms with Crippen molar-refractivity contribution in [2.45, 2.75) is 0 Å². The highest BCUT2D eigenvalue weighted by Gasteiger charge is 2.08. The van der Waals surface area contributed by atoms with E-state index in [2.05, 4.69) is 27.2 Å². The first-order valence-electron chi connectivity index (χ1n) is 3.85. The van der Waals surface area contributed by atoms with E-state index < -0.39 is 5.97 Å². The molecule has 0 bridgehead atoms. The number of terminal acetylenes is 1. The van der Waals surface area contributed by atoms with Crippen molar-refractivity contribution in [1.29, 1.82) is 0 Å². The summed E-state index contributed by atoms with van der Waals surface area (Å²) >= 11 is 3.25. The summed E-state index contributed by atoms with van der Waals surface area (Å²) < 4.78 is 0.807. The maximum atomic E-state index is 10.8. The van der Waals surface area contributed by atoms with Gasteiger partial charge in [0.1, 0.15) is 0 Å². The molecule has 0 spiro atoms. The molecule has 4 heteroatoms. The molecule has 0 aliphatic rings. The minimum Gasteiger partial charge on any atom is -0.478 e. The fourth-order valence-electron chi connectivity index (χ4n) is 0.995. The molecule has 0 unspecified atom stereocenters. The van der Waals surface area contributed by atoms with E-state index in [4.69, 9.17) is 11.5 Å². The number of anilines is 1. The molecule has 72 valence electrons. The molecule has 0 aromatic heterocycles. The quantitative estimate of drug-likeness (QED) is 0.813. The van der Waals surface area contributed by atoms with Crippen LogP contribution in [-0.2, 0) is 0 Å². The lowest BCUT2D eigenvalue weighted by molar-refractivity contribution is 0.0698. The van der Waals surface area contributed by atoms with Gasteiger partial charge in [0.2, 0.25) is 0 Å². The Morgan fingerprint density at radius 3 is 2.93 bits per heavy atom. The van der Waals surface area contributed by atoms with Gasteiger partial charge >= 0.3 is 5.97 Å². The number of carboxylic acid groups (broad SMARTS) is 1. The van der Waals surface area contributed by atoms with E-state index in [9.17, 15) is 4.79 Å². The molecule has 0 atom stereocenters. The third-order valence-corrected chi connectivity index (χ3v) is 2.09. The molecule has 2 N–H and O–H groups in total. The maximum absolute atomic E-state index is 10.8. The lowest BCUT2D eigenvalue weighted by Crippen LogP contribution is -2.06. The third kappa shape index (κ3) is 2.51. The third-order valence-electron chi connectivity index (χ3n) is 1.59. The predicted octanol–water partition coefficient (Wildman–Crippen LogP) is 2.19. The fraction of sp³-hybridized carbons (Fsp3) is 0.100. The van der Waals surface area contributed by atoms with Gasteiger partial charge < -0.3 is 10.4 Å². The highest BCUT2D eigenvalue weighted by atomic mass is 79.9. The molecule has 0 fully saturated rings. The number of benzene rings is 1. The maximum Gasteiger partial charge on any atom is 0.337 e. The van der Waals surface area contributed by atoms with Crippen LogP contribution >= 0.6 is 15.9 Å². The minimum atomic E-state index is -0.975. The zero-order chi connectivity index (χ0) is 10.6. The summed E-state index contributed by atoms with van der Waals surface area (Å²) in [5.74, 6) is 1.41. The Kier molecular flexibility index (Phi) is 3.55. The van der Waals surface area contributed by atoms with Gasteiger partial charge in [-0.25, -0.2) is 4.79 Å². The average molecular weight is 254 g/mol. The number of aromatic carboxylic acids is 1. The Morgan fingerprint density at radius 1 is 1.64 bits per heavy atom. The summed E-state index contributed by atoms with van der Waals surface area (Å²) in [5, 5.41) is 11.7. The van der Waals surface area contributed by atoms with Gasteiger partial charge in [0, 0.05) is 4.47 Å². The van der Waals surface area contributed by atoms with Gasteiger partial charge in [0.15, 0.2) is 0 Å². The predicted molar refractivity (Wildman–Crippen MR) is 58.4 cm³/mol. The molecule has 1 aromatic rings. The van der Waals surface area contributed by atoms with Gasteiger partial charge in [0.25, 0.3) is 0 Å². The number of hydrogen-bond donors (Lipinski definition) is 2. The largest absolute Gasteiger partial charge is 0.478 e. The molecule has 0 aliphatic carbocycles. The van der Waals surface area contributed by atoms with Crippen molar-refractivity contribution >= 4 is 27.6 Å². The van der Waals surface area contributed by atoms with E-state index in [-0.39, 0.29) is 5.56 Å². The lowest BCUT2D eigenvalue weighted by atomic mass is 10.2. The van der Waals surface area contributed by atoms with Crippen LogP contribution in [0.15, 0.2) is 22.7 Å². The topological polar surface area (TPSA) is 49.3 Å². The molecule has 0 saturated heterocycles. The van der Waals surface area contributed by atoms with Crippen LogP contribution in [0.25, 0.3) is 0 Å². The summed E-state index contributed by atoms with van der Waals surface area (Å²) in [6.45, 7) is 0.302. The Labute approximate surface area is 90.3 Å². The van der Waals surface area contributed by atoms with Crippen LogP contribution in [0.1, 0.15) is 10.4 Å². The number of hydrogen-bond acceptors (Lipinski definition) is 2. The Balaban J connectivity index is 3.04. The Bertz CT molecular complexity index is 396. The van der Waals surface area contributed by atoms with Crippen molar-refractivity contribution in [3.05, 3.63) is 28.2 Å². The van der Waals surface area contributed by atoms with Gasteiger partial charge in [-0.05, 0) is 18.2 Å². The molecule has 1 rings (SSSR count). The second-order valence-electron chi connectivity index (χ2n) is 2.55. The van der Waals surface area contributed by atoms with Gasteiger partial charge in [-0.1, -0.05) is 21.9 Å². The number of carboxylic acids is 1. The number of halogens is 1. The van der Waals surface area contributed by atoms with E-state index in [0.29, 0.717) is 12.2 Å². The van der Waals surface area contributed by atoms with Crippen molar-refractivity contribution < 1.29 is 9.90 Å². The van der Waals surface area contributed by atoms with Crippen molar-refractivity contribution in [2.24, 2.45) is 0 Å². The first-order chi connectivity index (χ1) is 6.65. The standard InChI is InChI=1S/C10H8BrNO2/c1-2-5-12-9-6-7(11)3-4-8(9)10(13)14/h1,3-4,6,12H,5H2,(H,13,14). The molecule has 14 heavy (non-hydrogen) atoms. The van der Waals surface area contributed by atoms with Crippen LogP contribution in [-0.4, -0.2) is 17.6 Å². The summed E-state index contributed by atoms with van der Waals surface area (Å²) in [6.07, 6.45) is 5.07. The number of nitrogens with one attached hydrogen (secondary N) is 1. The molecule has 0 saturated carbocycles. The summed E-state index contributed by atoms with van der Waals surface area (Å²) in [6, 6.07) is 4.87. The van der Waals surface area contributed by atoms with E-state index in [1.165, 1.54) is 6.07 Å². The summed E-state index contributed by atoms with van der Waals surface area (Å²) in [7, 11) is 0. The average Bonchev–Trinajstić information content (AvgIpc) is 2.14. The molecular weight excluding hydrogens is 246 g/mol. The molecule has 3 nitrogen and oxygen atoms in total. The smallest absolute Gasteiger partial charge is 0.337 e. The van der Waals surface area contributed by atoms with Gasteiger partial charge in [-0.2, -0.15) is 0 Å². The number of rotatable bonds is 3. The first-order valence-corrected chi connectivity index (χ1v) is 4.64. The van der Waals surface area contributed by atoms with Gasteiger partial charge in [-0.3, -0.25) is 0 Å². The second kappa shape index (κ2) is 4.68. The Hall–Kier alpha value is -1.47. The van der Waals surface area contributed by atoms with Crippen LogP contribution in [0.3, 0.4) is 0 Å². The lowest BCUT2D eigenvalue weighted by Gasteiger charge is -2.06. The van der Waals surface area contributed by atoms with Crippen LogP contribution < -0.4 is 5.32 Å². The SMILES string of the molecule is C#CCNc1cc(Br)ccc1C(=O)O. The summed E-state index contributed by atoms with van der Waals surface area (Å²) in [5.41, 5.74) is 0.730. The normalized spacial score (nSPS) is 9.14. The molecule has 0 heterocycles. The van der Waals surface area contributed by atoms with Crippen molar-refractivity contribution in [2.75, 3.05) is 11.9 Å². The molecule has 0 amide bonds. The van der Waals surface area contributed by atoms with Crippen molar-refractivity contribution in [1.82, 2.24) is 0 Å². The summed E-state index contributed by atoms with van der Waals surface area (Å²) in [4.78, 5) is 10.8. The first kappa shape index (κ1) is 10.6. The number of carbonyl (C=O) groups is 1. The van der Waals surface area contributed by atoms with E-state index >= 15 is 0 Å². The van der Waals surface area contributed by atoms with Crippen LogP contribution in [0.4, 0.5) is 5.69 Å². The zero-order valence-electron chi connectivity index (χ0n) is 7.25. The second-order valence-corrected chi connectivity index (χ2v) is 3.47. The van der Waals surface area contributed by atoms with E-state index in [1.54, 1.807) is 12.1 Å². The Morgan fingerprint density at radius 2 is 2.36 bits per heavy atom. The van der Waals surface area contributed by atoms with Crippen molar-refractivity contribution in [3.63, 3.8) is 0 Å². The van der Waals surface area contributed by atoms with Gasteiger partial charge in [-0.15, -0.1) is 6.42 Å². The molecule has 0 aliphatic heterocycles. The molecular formula is C10H8BrNO2. The highest BCUT2D eigenvalue weighted by Crippen LogP contribution is 2.21. The van der Waals surface area contributed by atoms with Gasteiger partial charge in [0.05, 0.1) is 17.8 Å². The van der Waals surface area contributed by atoms with Crippen LogP contribution in [0.5, 0.6) is 0 Å². The van der Waals surface area contributed by atoms with E-state index in [0.717, 1.165) is 4.47 Å². The fourth-order valence-corrected chi connectivity index (χ4v) is 1.36. The van der Waals surface area contributed by atoms with Crippen molar-refractivity contribution in [3.8, 4) is 12.3 Å². The zero-order valence-corrected chi connectivity index (χ0v) is 8.84. The molecule has 1 aromatic carbocycles. The van der Waals surface area contributed by atoms with E-state index in [1.807, 2.05) is 0 Å². The van der Waals surface area contributed by atoms with Crippen LogP contribution in [0.2, 0.25) is 0 Å². The van der Waals surface area contributed by atoms with Crippen LogP contribution in [0, 0.1) is 12.3 Å².